The lowest BCUT2D eigenvalue weighted by molar-refractivity contribution is -0.124. The maximum atomic E-state index is 12.4. The van der Waals surface area contributed by atoms with Crippen molar-refractivity contribution in [1.82, 2.24) is 10.6 Å². The van der Waals surface area contributed by atoms with E-state index < -0.39 is 6.04 Å². The maximum Gasteiger partial charge on any atom is 0.253 e. The van der Waals surface area contributed by atoms with E-state index in [0.29, 0.717) is 10.6 Å². The molecule has 2 N–H and O–H groups in total. The highest BCUT2D eigenvalue weighted by molar-refractivity contribution is 6.33. The number of nitrogens with one attached hydrogen (secondary N) is 2. The van der Waals surface area contributed by atoms with Crippen LogP contribution in [0, 0.1) is 5.92 Å². The lowest BCUT2D eigenvalue weighted by atomic mass is 10.0. The fraction of sp³-hybridized carbons (Fsp3) is 0.529. The van der Waals surface area contributed by atoms with Crippen molar-refractivity contribution in [3.05, 3.63) is 34.9 Å². The van der Waals surface area contributed by atoms with Gasteiger partial charge in [0.05, 0.1) is 10.6 Å². The van der Waals surface area contributed by atoms with E-state index >= 15 is 0 Å². The van der Waals surface area contributed by atoms with Gasteiger partial charge in [-0.3, -0.25) is 9.59 Å². The fourth-order valence-corrected chi connectivity index (χ4v) is 2.98. The zero-order valence-electron chi connectivity index (χ0n) is 13.1. The first-order valence-corrected chi connectivity index (χ1v) is 8.22. The van der Waals surface area contributed by atoms with E-state index in [1.165, 1.54) is 0 Å². The number of halogens is 1. The van der Waals surface area contributed by atoms with Gasteiger partial charge in [0.2, 0.25) is 5.91 Å². The number of rotatable bonds is 5. The van der Waals surface area contributed by atoms with Gasteiger partial charge in [-0.15, -0.1) is 0 Å². The van der Waals surface area contributed by atoms with Crippen molar-refractivity contribution in [3.8, 4) is 0 Å². The molecule has 0 bridgehead atoms. The van der Waals surface area contributed by atoms with Crippen LogP contribution in [-0.4, -0.2) is 23.9 Å². The first-order chi connectivity index (χ1) is 10.5. The Morgan fingerprint density at radius 3 is 2.41 bits per heavy atom. The highest BCUT2D eigenvalue weighted by Gasteiger charge is 2.27. The average molecular weight is 323 g/mol. The SMILES string of the molecule is CC(C)[C@H](NC(=O)c1ccccc1Cl)C(=O)NC1CCCC1. The summed E-state index contributed by atoms with van der Waals surface area (Å²) in [6.45, 7) is 3.84. The third-order valence-electron chi connectivity index (χ3n) is 4.06. The van der Waals surface area contributed by atoms with Crippen LogP contribution in [0.4, 0.5) is 0 Å². The van der Waals surface area contributed by atoms with Gasteiger partial charge in [-0.2, -0.15) is 0 Å². The van der Waals surface area contributed by atoms with Crippen molar-refractivity contribution in [2.45, 2.75) is 51.6 Å². The van der Waals surface area contributed by atoms with E-state index in [-0.39, 0.29) is 23.8 Å². The van der Waals surface area contributed by atoms with Crippen LogP contribution in [0.2, 0.25) is 5.02 Å². The molecule has 120 valence electrons. The first kappa shape index (κ1) is 16.8. The minimum Gasteiger partial charge on any atom is -0.352 e. The Kier molecular flexibility index (Phi) is 5.83. The van der Waals surface area contributed by atoms with Crippen molar-refractivity contribution in [3.63, 3.8) is 0 Å². The van der Waals surface area contributed by atoms with Crippen LogP contribution in [0.5, 0.6) is 0 Å². The summed E-state index contributed by atoms with van der Waals surface area (Å²) in [6.07, 6.45) is 4.36. The summed E-state index contributed by atoms with van der Waals surface area (Å²) in [5.74, 6) is -0.416. The van der Waals surface area contributed by atoms with Gasteiger partial charge in [-0.05, 0) is 30.9 Å². The minimum atomic E-state index is -0.552. The fourth-order valence-electron chi connectivity index (χ4n) is 2.76. The monoisotopic (exact) mass is 322 g/mol. The van der Waals surface area contributed by atoms with Crippen LogP contribution < -0.4 is 10.6 Å². The molecule has 0 heterocycles. The molecule has 1 aromatic rings. The number of benzene rings is 1. The summed E-state index contributed by atoms with van der Waals surface area (Å²) < 4.78 is 0. The molecule has 1 aliphatic rings. The molecule has 2 amide bonds. The molecule has 22 heavy (non-hydrogen) atoms. The molecule has 1 aliphatic carbocycles. The van der Waals surface area contributed by atoms with Crippen LogP contribution in [0.1, 0.15) is 49.9 Å². The molecule has 4 nitrogen and oxygen atoms in total. The quantitative estimate of drug-likeness (QED) is 0.875. The van der Waals surface area contributed by atoms with E-state index in [0.717, 1.165) is 25.7 Å². The van der Waals surface area contributed by atoms with Crippen LogP contribution in [-0.2, 0) is 4.79 Å². The molecule has 1 atom stereocenters. The minimum absolute atomic E-state index is 0.00726. The van der Waals surface area contributed by atoms with Gasteiger partial charge in [0.15, 0.2) is 0 Å². The van der Waals surface area contributed by atoms with Crippen molar-refractivity contribution in [2.24, 2.45) is 5.92 Å². The summed E-state index contributed by atoms with van der Waals surface area (Å²) in [5, 5.41) is 6.24. The lowest BCUT2D eigenvalue weighted by Gasteiger charge is -2.24. The third kappa shape index (κ3) is 4.23. The summed E-state index contributed by atoms with van der Waals surface area (Å²) in [4.78, 5) is 24.8. The smallest absolute Gasteiger partial charge is 0.253 e. The molecule has 0 aromatic heterocycles. The van der Waals surface area contributed by atoms with Gasteiger partial charge in [0, 0.05) is 6.04 Å². The van der Waals surface area contributed by atoms with Crippen LogP contribution in [0.15, 0.2) is 24.3 Å². The molecular weight excluding hydrogens is 300 g/mol. The van der Waals surface area contributed by atoms with Crippen molar-refractivity contribution >= 4 is 23.4 Å². The lowest BCUT2D eigenvalue weighted by Crippen LogP contribution is -2.51. The summed E-state index contributed by atoms with van der Waals surface area (Å²) in [5.41, 5.74) is 0.392. The molecule has 5 heteroatoms. The van der Waals surface area contributed by atoms with E-state index in [1.807, 2.05) is 13.8 Å². The molecule has 1 saturated carbocycles. The maximum absolute atomic E-state index is 12.4. The molecule has 1 aromatic carbocycles. The zero-order valence-corrected chi connectivity index (χ0v) is 13.8. The second-order valence-electron chi connectivity index (χ2n) is 6.16. The third-order valence-corrected chi connectivity index (χ3v) is 4.39. The van der Waals surface area contributed by atoms with E-state index in [9.17, 15) is 9.59 Å². The second-order valence-corrected chi connectivity index (χ2v) is 6.57. The second kappa shape index (κ2) is 7.63. The Labute approximate surface area is 136 Å². The molecule has 1 fully saturated rings. The summed E-state index contributed by atoms with van der Waals surface area (Å²) in [7, 11) is 0. The van der Waals surface area contributed by atoms with Gasteiger partial charge in [0.25, 0.3) is 5.91 Å². The summed E-state index contributed by atoms with van der Waals surface area (Å²) >= 11 is 6.04. The molecule has 0 spiro atoms. The number of hydrogen-bond donors (Lipinski definition) is 2. The van der Waals surface area contributed by atoms with Gasteiger partial charge < -0.3 is 10.6 Å². The highest BCUT2D eigenvalue weighted by atomic mass is 35.5. The van der Waals surface area contributed by atoms with Crippen LogP contribution in [0.25, 0.3) is 0 Å². The standard InChI is InChI=1S/C17H23ClN2O2/c1-11(2)15(17(22)19-12-7-3-4-8-12)20-16(21)13-9-5-6-10-14(13)18/h5-6,9-12,15H,3-4,7-8H2,1-2H3,(H,19,22)(H,20,21)/t15-/m0/s1. The molecule has 0 aliphatic heterocycles. The summed E-state index contributed by atoms with van der Waals surface area (Å²) in [6, 6.07) is 6.54. The average Bonchev–Trinajstić information content (AvgIpc) is 2.97. The Balaban J connectivity index is 2.03. The van der Waals surface area contributed by atoms with Crippen molar-refractivity contribution in [2.75, 3.05) is 0 Å². The van der Waals surface area contributed by atoms with Crippen LogP contribution >= 0.6 is 11.6 Å². The number of hydrogen-bond acceptors (Lipinski definition) is 2. The molecule has 0 radical (unpaired) electrons. The van der Waals surface area contributed by atoms with Crippen LogP contribution in [0.3, 0.4) is 0 Å². The Hall–Kier alpha value is -1.55. The van der Waals surface area contributed by atoms with Gasteiger partial charge in [-0.1, -0.05) is 50.4 Å². The normalized spacial score (nSPS) is 16.5. The largest absolute Gasteiger partial charge is 0.352 e. The zero-order chi connectivity index (χ0) is 16.1. The predicted octanol–water partition coefficient (Wildman–Crippen LogP) is 3.15. The van der Waals surface area contributed by atoms with E-state index in [1.54, 1.807) is 24.3 Å². The Bertz CT molecular complexity index is 539. The molecule has 0 saturated heterocycles. The Morgan fingerprint density at radius 1 is 1.18 bits per heavy atom. The van der Waals surface area contributed by atoms with Crippen molar-refractivity contribution in [1.29, 1.82) is 0 Å². The van der Waals surface area contributed by atoms with E-state index in [4.69, 9.17) is 11.6 Å². The van der Waals surface area contributed by atoms with E-state index in [2.05, 4.69) is 10.6 Å². The topological polar surface area (TPSA) is 58.2 Å². The van der Waals surface area contributed by atoms with Crippen molar-refractivity contribution < 1.29 is 9.59 Å². The predicted molar refractivity (Wildman–Crippen MR) is 87.9 cm³/mol. The van der Waals surface area contributed by atoms with Gasteiger partial charge >= 0.3 is 0 Å². The molecule has 2 rings (SSSR count). The first-order valence-electron chi connectivity index (χ1n) is 7.85. The molecular formula is C17H23ClN2O2. The van der Waals surface area contributed by atoms with Gasteiger partial charge in [-0.25, -0.2) is 0 Å². The highest BCUT2D eigenvalue weighted by Crippen LogP contribution is 2.19. The van der Waals surface area contributed by atoms with Gasteiger partial charge in [0.1, 0.15) is 6.04 Å². The number of carbonyl (C=O) groups is 2. The molecule has 0 unspecified atom stereocenters. The number of carbonyl (C=O) groups excluding carboxylic acids is 2. The Morgan fingerprint density at radius 2 is 1.82 bits per heavy atom. The number of amides is 2.